The van der Waals surface area contributed by atoms with Crippen LogP contribution in [-0.4, -0.2) is 21.7 Å². The first-order valence-corrected chi connectivity index (χ1v) is 11.5. The number of aromatic nitrogens is 2. The van der Waals surface area contributed by atoms with Crippen molar-refractivity contribution < 1.29 is 9.59 Å². The molecule has 2 aromatic carbocycles. The molecule has 0 aliphatic heterocycles. The normalized spacial score (nSPS) is 11.7. The van der Waals surface area contributed by atoms with E-state index >= 15 is 0 Å². The maximum absolute atomic E-state index is 12.8. The molecule has 1 atom stereocenters. The molecule has 33 heavy (non-hydrogen) atoms. The summed E-state index contributed by atoms with van der Waals surface area (Å²) in [6, 6.07) is 17.4. The van der Waals surface area contributed by atoms with Gasteiger partial charge in [-0.05, 0) is 48.2 Å². The number of amides is 3. The minimum atomic E-state index is -0.514. The minimum Gasteiger partial charge on any atom is -0.369 e. The number of nitrogens with zero attached hydrogens (tertiary/aromatic N) is 2. The first-order valence-electron chi connectivity index (χ1n) is 9.89. The number of urea groups is 1. The Morgan fingerprint density at radius 2 is 1.85 bits per heavy atom. The second kappa shape index (κ2) is 9.66. The molecule has 0 saturated carbocycles. The maximum atomic E-state index is 12.8. The van der Waals surface area contributed by atoms with Crippen LogP contribution >= 0.6 is 34.5 Å². The summed E-state index contributed by atoms with van der Waals surface area (Å²) in [6.07, 6.45) is 0. The predicted molar refractivity (Wildman–Crippen MR) is 134 cm³/mol. The van der Waals surface area contributed by atoms with Gasteiger partial charge in [-0.3, -0.25) is 10.1 Å². The lowest BCUT2D eigenvalue weighted by atomic mass is 10.0. The van der Waals surface area contributed by atoms with Crippen molar-refractivity contribution in [3.05, 3.63) is 81.7 Å². The molecule has 3 amide bonds. The van der Waals surface area contributed by atoms with Crippen LogP contribution in [0, 0.1) is 0 Å². The maximum Gasteiger partial charge on any atom is 0.324 e. The summed E-state index contributed by atoms with van der Waals surface area (Å²) in [5.74, 6) is -0.470. The Balaban J connectivity index is 1.69. The van der Waals surface area contributed by atoms with Crippen molar-refractivity contribution in [2.75, 3.05) is 10.6 Å². The number of nitrogens with two attached hydrogens (primary N) is 1. The van der Waals surface area contributed by atoms with Crippen LogP contribution < -0.4 is 16.4 Å². The molecular weight excluding hydrogens is 481 g/mol. The fourth-order valence-electron chi connectivity index (χ4n) is 3.17. The van der Waals surface area contributed by atoms with Crippen LogP contribution in [0.25, 0.3) is 16.3 Å². The fraction of sp³-hybridized carbons (Fsp3) is 0.0870. The number of carbonyl (C=O) groups is 2. The van der Waals surface area contributed by atoms with E-state index in [1.165, 1.54) is 11.3 Å². The first-order chi connectivity index (χ1) is 15.8. The SMILES string of the molecule is CC(C(N)=O)c1cccc(-n2nc(-c3cccs3)cc2NC(=O)Nc2cccc(Cl)c2Cl)c1. The lowest BCUT2D eigenvalue weighted by molar-refractivity contribution is -0.119. The lowest BCUT2D eigenvalue weighted by Crippen LogP contribution is -2.21. The Morgan fingerprint density at radius 1 is 1.06 bits per heavy atom. The Morgan fingerprint density at radius 3 is 2.58 bits per heavy atom. The van der Waals surface area contributed by atoms with Crippen molar-refractivity contribution in [2.24, 2.45) is 5.73 Å². The quantitative estimate of drug-likeness (QED) is 0.296. The number of halogens is 2. The third-order valence-corrected chi connectivity index (χ3v) is 6.68. The Kier molecular flexibility index (Phi) is 6.69. The molecule has 7 nitrogen and oxygen atoms in total. The van der Waals surface area contributed by atoms with Crippen molar-refractivity contribution in [3.63, 3.8) is 0 Å². The molecular formula is C23H19Cl2N5O2S. The second-order valence-corrected chi connectivity index (χ2v) is 8.94. The van der Waals surface area contributed by atoms with Gasteiger partial charge in [0.2, 0.25) is 5.91 Å². The number of rotatable bonds is 6. The zero-order chi connectivity index (χ0) is 23.5. The van der Waals surface area contributed by atoms with Gasteiger partial charge in [0.1, 0.15) is 11.5 Å². The van der Waals surface area contributed by atoms with Crippen molar-refractivity contribution >= 4 is 58.0 Å². The van der Waals surface area contributed by atoms with Gasteiger partial charge in [0.05, 0.1) is 32.2 Å². The van der Waals surface area contributed by atoms with Crippen LogP contribution in [0.15, 0.2) is 66.0 Å². The highest BCUT2D eigenvalue weighted by Gasteiger charge is 2.17. The van der Waals surface area contributed by atoms with E-state index in [0.29, 0.717) is 27.9 Å². The molecule has 0 aliphatic rings. The van der Waals surface area contributed by atoms with Crippen molar-refractivity contribution in [1.82, 2.24) is 9.78 Å². The Bertz CT molecular complexity index is 1320. The van der Waals surface area contributed by atoms with Gasteiger partial charge in [-0.15, -0.1) is 11.3 Å². The summed E-state index contributed by atoms with van der Waals surface area (Å²) in [4.78, 5) is 25.4. The van der Waals surface area contributed by atoms with Gasteiger partial charge in [-0.2, -0.15) is 5.10 Å². The fourth-order valence-corrected chi connectivity index (χ4v) is 4.20. The van der Waals surface area contributed by atoms with E-state index < -0.39 is 17.9 Å². The number of benzene rings is 2. The van der Waals surface area contributed by atoms with E-state index in [9.17, 15) is 9.59 Å². The van der Waals surface area contributed by atoms with Crippen molar-refractivity contribution in [2.45, 2.75) is 12.8 Å². The van der Waals surface area contributed by atoms with E-state index in [-0.39, 0.29) is 5.02 Å². The molecule has 168 valence electrons. The van der Waals surface area contributed by atoms with Crippen LogP contribution in [0.1, 0.15) is 18.4 Å². The highest BCUT2D eigenvalue weighted by atomic mass is 35.5. The summed E-state index contributed by atoms with van der Waals surface area (Å²) in [7, 11) is 0. The molecule has 0 bridgehead atoms. The highest BCUT2D eigenvalue weighted by molar-refractivity contribution is 7.13. The summed E-state index contributed by atoms with van der Waals surface area (Å²) in [5, 5.41) is 12.7. The molecule has 2 aromatic heterocycles. The largest absolute Gasteiger partial charge is 0.369 e. The van der Waals surface area contributed by atoms with E-state index in [1.807, 2.05) is 41.8 Å². The van der Waals surface area contributed by atoms with Crippen LogP contribution in [0.3, 0.4) is 0 Å². The highest BCUT2D eigenvalue weighted by Crippen LogP contribution is 2.31. The monoisotopic (exact) mass is 499 g/mol. The Hall–Kier alpha value is -3.33. The number of hydrogen-bond donors (Lipinski definition) is 3. The van der Waals surface area contributed by atoms with Gasteiger partial charge in [0, 0.05) is 6.07 Å². The molecule has 0 spiro atoms. The summed E-state index contributed by atoms with van der Waals surface area (Å²) < 4.78 is 1.60. The van der Waals surface area contributed by atoms with Gasteiger partial charge < -0.3 is 11.1 Å². The van der Waals surface area contributed by atoms with Crippen LogP contribution in [-0.2, 0) is 4.79 Å². The van der Waals surface area contributed by atoms with Gasteiger partial charge in [0.15, 0.2) is 0 Å². The Labute approximate surface area is 204 Å². The average molecular weight is 500 g/mol. The smallest absolute Gasteiger partial charge is 0.324 e. The van der Waals surface area contributed by atoms with E-state index in [2.05, 4.69) is 15.7 Å². The number of nitrogens with one attached hydrogen (secondary N) is 2. The number of anilines is 2. The molecule has 4 rings (SSSR count). The number of thiophene rings is 1. The van der Waals surface area contributed by atoms with Gasteiger partial charge >= 0.3 is 6.03 Å². The zero-order valence-electron chi connectivity index (χ0n) is 17.4. The summed E-state index contributed by atoms with van der Waals surface area (Å²) >= 11 is 13.8. The molecule has 2 heterocycles. The van der Waals surface area contributed by atoms with Gasteiger partial charge in [-0.1, -0.05) is 47.5 Å². The van der Waals surface area contributed by atoms with Gasteiger partial charge in [0.25, 0.3) is 0 Å². The molecule has 0 aliphatic carbocycles. The third kappa shape index (κ3) is 5.03. The molecule has 0 saturated heterocycles. The zero-order valence-corrected chi connectivity index (χ0v) is 19.7. The van der Waals surface area contributed by atoms with Crippen molar-refractivity contribution in [1.29, 1.82) is 0 Å². The molecule has 0 radical (unpaired) electrons. The van der Waals surface area contributed by atoms with Crippen molar-refractivity contribution in [3.8, 4) is 16.3 Å². The number of primary amides is 1. The standard InChI is InChI=1S/C23H19Cl2N5O2S/c1-13(22(26)31)14-5-2-6-15(11-14)30-20(12-18(29-30)19-9-4-10-33-19)28-23(32)27-17-8-3-7-16(24)21(17)25/h2-13H,1H3,(H2,26,31)(H2,27,28,32). The first kappa shape index (κ1) is 22.8. The predicted octanol–water partition coefficient (Wildman–Crippen LogP) is 6.14. The third-order valence-electron chi connectivity index (χ3n) is 4.97. The molecule has 10 heteroatoms. The summed E-state index contributed by atoms with van der Waals surface area (Å²) in [5.41, 5.74) is 7.95. The summed E-state index contributed by atoms with van der Waals surface area (Å²) in [6.45, 7) is 1.74. The topological polar surface area (TPSA) is 102 Å². The average Bonchev–Trinajstić information content (AvgIpc) is 3.46. The second-order valence-electron chi connectivity index (χ2n) is 7.20. The van der Waals surface area contributed by atoms with Crippen LogP contribution in [0.4, 0.5) is 16.3 Å². The van der Waals surface area contributed by atoms with E-state index in [0.717, 1.165) is 10.4 Å². The molecule has 1 unspecified atom stereocenters. The molecule has 4 aromatic rings. The lowest BCUT2D eigenvalue weighted by Gasteiger charge is -2.13. The number of carbonyl (C=O) groups excluding carboxylic acids is 2. The van der Waals surface area contributed by atoms with Crippen LogP contribution in [0.5, 0.6) is 0 Å². The molecule has 0 fully saturated rings. The molecule has 4 N–H and O–H groups in total. The minimum absolute atomic E-state index is 0.246. The van der Waals surface area contributed by atoms with E-state index in [4.69, 9.17) is 28.9 Å². The van der Waals surface area contributed by atoms with Crippen LogP contribution in [0.2, 0.25) is 10.0 Å². The number of hydrogen-bond acceptors (Lipinski definition) is 4. The van der Waals surface area contributed by atoms with E-state index in [1.54, 1.807) is 35.9 Å². The van der Waals surface area contributed by atoms with Gasteiger partial charge in [-0.25, -0.2) is 9.48 Å².